The number of allylic oxidation sites excluding steroid dienone is 10. The molecule has 0 aromatic rings. The summed E-state index contributed by atoms with van der Waals surface area (Å²) in [5.74, 6) is -0.914. The summed E-state index contributed by atoms with van der Waals surface area (Å²) in [7, 11) is 0. The molecule has 1 unspecified atom stereocenters. The van der Waals surface area contributed by atoms with Crippen LogP contribution in [0, 0.1) is 0 Å². The van der Waals surface area contributed by atoms with Crippen molar-refractivity contribution in [1.82, 2.24) is 0 Å². The number of hydrogen-bond acceptors (Lipinski definition) is 6. The maximum absolute atomic E-state index is 12.7. The van der Waals surface area contributed by atoms with Gasteiger partial charge >= 0.3 is 17.9 Å². The van der Waals surface area contributed by atoms with Gasteiger partial charge in [-0.2, -0.15) is 0 Å². The molecule has 0 aromatic heterocycles. The average Bonchev–Trinajstić information content (AvgIpc) is 3.22. The molecule has 0 rings (SSSR count). The zero-order valence-corrected chi connectivity index (χ0v) is 38.0. The molecule has 0 aliphatic carbocycles. The van der Waals surface area contributed by atoms with Crippen LogP contribution in [-0.4, -0.2) is 37.2 Å². The fourth-order valence-corrected chi connectivity index (χ4v) is 6.60. The summed E-state index contributed by atoms with van der Waals surface area (Å²) in [6.45, 7) is 6.42. The Morgan fingerprint density at radius 2 is 0.672 bits per heavy atom. The highest BCUT2D eigenvalue weighted by molar-refractivity contribution is 5.71. The predicted molar refractivity (Wildman–Crippen MR) is 247 cm³/mol. The maximum atomic E-state index is 12.7. The van der Waals surface area contributed by atoms with Gasteiger partial charge in [0.15, 0.2) is 6.10 Å². The van der Waals surface area contributed by atoms with E-state index in [0.717, 1.165) is 103 Å². The molecule has 0 N–H and O–H groups in total. The zero-order chi connectivity index (χ0) is 42.3. The van der Waals surface area contributed by atoms with Crippen molar-refractivity contribution in [2.24, 2.45) is 0 Å². The van der Waals surface area contributed by atoms with Crippen molar-refractivity contribution in [2.45, 2.75) is 239 Å². The first-order valence-corrected chi connectivity index (χ1v) is 24.3. The molecule has 0 aromatic carbocycles. The van der Waals surface area contributed by atoms with Crippen molar-refractivity contribution in [2.75, 3.05) is 13.2 Å². The molecule has 0 amide bonds. The highest BCUT2D eigenvalue weighted by atomic mass is 16.6. The second kappa shape index (κ2) is 46.8. The van der Waals surface area contributed by atoms with Crippen LogP contribution >= 0.6 is 0 Å². The van der Waals surface area contributed by atoms with Crippen LogP contribution in [0.15, 0.2) is 60.8 Å². The van der Waals surface area contributed by atoms with Crippen LogP contribution < -0.4 is 0 Å². The first kappa shape index (κ1) is 55.1. The standard InChI is InChI=1S/C52H90O6/c1-4-7-10-13-16-18-20-22-24-25-26-27-29-30-32-34-36-39-42-45-51(54)57-48-49(47-56-50(53)44-41-38-15-12-9-6-3)58-52(55)46-43-40-37-35-33-31-28-23-21-19-17-14-11-8-5-2/h8,11,16-19,22-24,28,49H,4-7,9-10,12-15,20-21,25-27,29-48H2,1-3H3/b11-8-,18-16-,19-17-,24-22-,28-23-. The fraction of sp³-hybridized carbons (Fsp3) is 0.750. The lowest BCUT2D eigenvalue weighted by Gasteiger charge is -2.18. The fourth-order valence-electron chi connectivity index (χ4n) is 6.60. The number of carbonyl (C=O) groups excluding carboxylic acids is 3. The van der Waals surface area contributed by atoms with E-state index in [9.17, 15) is 14.4 Å². The van der Waals surface area contributed by atoms with Crippen LogP contribution in [0.4, 0.5) is 0 Å². The van der Waals surface area contributed by atoms with E-state index in [1.54, 1.807) is 0 Å². The summed E-state index contributed by atoms with van der Waals surface area (Å²) in [6.07, 6.45) is 56.5. The van der Waals surface area contributed by atoms with E-state index in [-0.39, 0.29) is 31.1 Å². The van der Waals surface area contributed by atoms with Crippen LogP contribution in [0.2, 0.25) is 0 Å². The van der Waals surface area contributed by atoms with Crippen LogP contribution in [0.25, 0.3) is 0 Å². The van der Waals surface area contributed by atoms with E-state index >= 15 is 0 Å². The van der Waals surface area contributed by atoms with Crippen molar-refractivity contribution < 1.29 is 28.6 Å². The number of hydrogen-bond donors (Lipinski definition) is 0. The second-order valence-corrected chi connectivity index (χ2v) is 16.0. The number of ether oxygens (including phenoxy) is 3. The average molecular weight is 811 g/mol. The Kier molecular flexibility index (Phi) is 44.5. The molecule has 6 nitrogen and oxygen atoms in total. The van der Waals surface area contributed by atoms with Crippen molar-refractivity contribution in [3.63, 3.8) is 0 Å². The van der Waals surface area contributed by atoms with Crippen molar-refractivity contribution in [1.29, 1.82) is 0 Å². The van der Waals surface area contributed by atoms with E-state index in [4.69, 9.17) is 14.2 Å². The minimum atomic E-state index is -0.780. The first-order valence-electron chi connectivity index (χ1n) is 24.3. The van der Waals surface area contributed by atoms with Gasteiger partial charge in [0.1, 0.15) is 13.2 Å². The molecule has 0 saturated carbocycles. The molecule has 0 fully saturated rings. The molecule has 334 valence electrons. The Morgan fingerprint density at radius 3 is 1.09 bits per heavy atom. The molecular weight excluding hydrogens is 721 g/mol. The Balaban J connectivity index is 4.25. The van der Waals surface area contributed by atoms with Gasteiger partial charge in [-0.25, -0.2) is 0 Å². The van der Waals surface area contributed by atoms with Gasteiger partial charge in [0, 0.05) is 19.3 Å². The van der Waals surface area contributed by atoms with E-state index in [0.29, 0.717) is 19.3 Å². The van der Waals surface area contributed by atoms with Gasteiger partial charge in [-0.05, 0) is 83.5 Å². The zero-order valence-electron chi connectivity index (χ0n) is 38.0. The molecule has 0 radical (unpaired) electrons. The molecule has 0 bridgehead atoms. The van der Waals surface area contributed by atoms with E-state index in [2.05, 4.69) is 81.5 Å². The maximum Gasteiger partial charge on any atom is 0.306 e. The lowest BCUT2D eigenvalue weighted by molar-refractivity contribution is -0.167. The van der Waals surface area contributed by atoms with Gasteiger partial charge in [0.2, 0.25) is 0 Å². The summed E-state index contributed by atoms with van der Waals surface area (Å²) in [5, 5.41) is 0. The van der Waals surface area contributed by atoms with Gasteiger partial charge in [0.25, 0.3) is 0 Å². The summed E-state index contributed by atoms with van der Waals surface area (Å²) in [5.41, 5.74) is 0. The highest BCUT2D eigenvalue weighted by Crippen LogP contribution is 2.14. The van der Waals surface area contributed by atoms with E-state index < -0.39 is 6.10 Å². The third-order valence-electron chi connectivity index (χ3n) is 10.3. The molecule has 0 aliphatic rings. The third kappa shape index (κ3) is 44.2. The predicted octanol–water partition coefficient (Wildman–Crippen LogP) is 15.7. The number of rotatable bonds is 43. The topological polar surface area (TPSA) is 78.9 Å². The molecule has 6 heteroatoms. The van der Waals surface area contributed by atoms with E-state index in [1.165, 1.54) is 89.9 Å². The van der Waals surface area contributed by atoms with Crippen LogP contribution in [0.5, 0.6) is 0 Å². The number of carbonyl (C=O) groups is 3. The Hall–Kier alpha value is -2.89. The van der Waals surface area contributed by atoms with E-state index in [1.807, 2.05) is 0 Å². The SMILES string of the molecule is CC/C=C\C/C=C\C/C=C\CCCCCCCC(=O)OC(COC(=O)CCCCCCCC)COC(=O)CCCCCCCCCCC/C=C\C/C=C\CCCCC. The lowest BCUT2D eigenvalue weighted by atomic mass is 10.1. The normalized spacial score (nSPS) is 12.5. The largest absolute Gasteiger partial charge is 0.462 e. The van der Waals surface area contributed by atoms with Crippen molar-refractivity contribution in [3.05, 3.63) is 60.8 Å². The smallest absolute Gasteiger partial charge is 0.306 e. The summed E-state index contributed by atoms with van der Waals surface area (Å²) in [4.78, 5) is 37.7. The van der Waals surface area contributed by atoms with Gasteiger partial charge < -0.3 is 14.2 Å². The van der Waals surface area contributed by atoms with Crippen molar-refractivity contribution in [3.8, 4) is 0 Å². The Labute approximate surface area is 358 Å². The first-order chi connectivity index (χ1) is 28.5. The van der Waals surface area contributed by atoms with Gasteiger partial charge in [-0.1, -0.05) is 191 Å². The van der Waals surface area contributed by atoms with Crippen LogP contribution in [0.3, 0.4) is 0 Å². The molecular formula is C52H90O6. The Bertz CT molecular complexity index is 1070. The minimum absolute atomic E-state index is 0.0829. The van der Waals surface area contributed by atoms with Crippen molar-refractivity contribution >= 4 is 17.9 Å². The third-order valence-corrected chi connectivity index (χ3v) is 10.3. The molecule has 0 saturated heterocycles. The summed E-state index contributed by atoms with van der Waals surface area (Å²) >= 11 is 0. The highest BCUT2D eigenvalue weighted by Gasteiger charge is 2.19. The molecule has 1 atom stereocenters. The van der Waals surface area contributed by atoms with Gasteiger partial charge in [0.05, 0.1) is 0 Å². The second-order valence-electron chi connectivity index (χ2n) is 16.0. The summed E-state index contributed by atoms with van der Waals surface area (Å²) < 4.78 is 16.7. The molecule has 58 heavy (non-hydrogen) atoms. The van der Waals surface area contributed by atoms with Crippen LogP contribution in [-0.2, 0) is 28.6 Å². The van der Waals surface area contributed by atoms with Crippen LogP contribution in [0.1, 0.15) is 233 Å². The quantitative estimate of drug-likeness (QED) is 0.0264. The monoisotopic (exact) mass is 811 g/mol. The van der Waals surface area contributed by atoms with Gasteiger partial charge in [-0.15, -0.1) is 0 Å². The molecule has 0 aliphatic heterocycles. The molecule has 0 spiro atoms. The number of unbranched alkanes of at least 4 members (excludes halogenated alkanes) is 22. The Morgan fingerprint density at radius 1 is 0.362 bits per heavy atom. The minimum Gasteiger partial charge on any atom is -0.462 e. The molecule has 0 heterocycles. The summed E-state index contributed by atoms with van der Waals surface area (Å²) in [6, 6.07) is 0. The van der Waals surface area contributed by atoms with Gasteiger partial charge in [-0.3, -0.25) is 14.4 Å². The number of esters is 3. The lowest BCUT2D eigenvalue weighted by Crippen LogP contribution is -2.30.